The lowest BCUT2D eigenvalue weighted by Gasteiger charge is -2.33. The Morgan fingerprint density at radius 1 is 0.696 bits per heavy atom. The van der Waals surface area contributed by atoms with Gasteiger partial charge < -0.3 is 10.2 Å². The van der Waals surface area contributed by atoms with Gasteiger partial charge in [0, 0.05) is 8.99 Å². The van der Waals surface area contributed by atoms with Crippen molar-refractivity contribution in [1.82, 2.24) is 0 Å². The van der Waals surface area contributed by atoms with Crippen molar-refractivity contribution in [1.29, 1.82) is 0 Å². The molecule has 0 radical (unpaired) electrons. The highest BCUT2D eigenvalue weighted by atomic mass is 127. The van der Waals surface area contributed by atoms with E-state index in [0.29, 0.717) is 0 Å². The van der Waals surface area contributed by atoms with E-state index in [4.69, 9.17) is 0 Å². The lowest BCUT2D eigenvalue weighted by molar-refractivity contribution is 0.474. The third-order valence-corrected chi connectivity index (χ3v) is 5.24. The van der Waals surface area contributed by atoms with Gasteiger partial charge in [0.05, 0.1) is 0 Å². The average molecular weight is 416 g/mol. The highest BCUT2D eigenvalue weighted by Crippen LogP contribution is 2.41. The molecule has 0 aromatic heterocycles. The molecule has 3 aromatic rings. The van der Waals surface area contributed by atoms with E-state index in [1.54, 1.807) is 24.3 Å². The van der Waals surface area contributed by atoms with Gasteiger partial charge in [-0.05, 0) is 76.5 Å². The van der Waals surface area contributed by atoms with Crippen molar-refractivity contribution < 1.29 is 10.2 Å². The van der Waals surface area contributed by atoms with Crippen LogP contribution >= 0.6 is 22.6 Å². The van der Waals surface area contributed by atoms with Crippen LogP contribution in [0.1, 0.15) is 23.6 Å². The van der Waals surface area contributed by atoms with Crippen molar-refractivity contribution in [3.05, 3.63) is 93.1 Å². The molecule has 0 atom stereocenters. The molecule has 23 heavy (non-hydrogen) atoms. The van der Waals surface area contributed by atoms with E-state index in [0.717, 1.165) is 11.1 Å². The average Bonchev–Trinajstić information content (AvgIpc) is 2.56. The first-order chi connectivity index (χ1) is 11.0. The van der Waals surface area contributed by atoms with Crippen molar-refractivity contribution >= 4 is 22.6 Å². The van der Waals surface area contributed by atoms with E-state index in [9.17, 15) is 10.2 Å². The standard InChI is InChI=1S/C20H17IO2/c1-20(14-6-10-16(22)11-7-14,15-8-12-17(23)13-9-15)18-4-2-3-5-19(18)21/h2-13,22-23H,1H3. The second-order valence-corrected chi connectivity index (χ2v) is 6.86. The minimum absolute atomic E-state index is 0.254. The summed E-state index contributed by atoms with van der Waals surface area (Å²) in [5.41, 5.74) is 2.99. The molecule has 0 aliphatic carbocycles. The first-order valence-electron chi connectivity index (χ1n) is 7.36. The second kappa shape index (κ2) is 6.24. The molecule has 0 aliphatic heterocycles. The van der Waals surface area contributed by atoms with Crippen LogP contribution in [0.2, 0.25) is 0 Å². The van der Waals surface area contributed by atoms with Crippen molar-refractivity contribution in [2.75, 3.05) is 0 Å². The maximum absolute atomic E-state index is 9.62. The topological polar surface area (TPSA) is 40.5 Å². The van der Waals surface area contributed by atoms with E-state index < -0.39 is 0 Å². The van der Waals surface area contributed by atoms with Crippen molar-refractivity contribution in [3.8, 4) is 11.5 Å². The largest absolute Gasteiger partial charge is 0.508 e. The number of phenols is 2. The maximum Gasteiger partial charge on any atom is 0.115 e. The van der Waals surface area contributed by atoms with E-state index in [2.05, 4.69) is 41.6 Å². The van der Waals surface area contributed by atoms with Gasteiger partial charge >= 0.3 is 0 Å². The van der Waals surface area contributed by atoms with Crippen LogP contribution in [-0.4, -0.2) is 10.2 Å². The quantitative estimate of drug-likeness (QED) is 0.463. The Balaban J connectivity index is 2.27. The minimum Gasteiger partial charge on any atom is -0.508 e. The first-order valence-corrected chi connectivity index (χ1v) is 8.44. The normalized spacial score (nSPS) is 11.4. The van der Waals surface area contributed by atoms with Gasteiger partial charge in [-0.25, -0.2) is 0 Å². The van der Waals surface area contributed by atoms with Gasteiger partial charge in [0.2, 0.25) is 0 Å². The molecule has 0 unspecified atom stereocenters. The summed E-state index contributed by atoms with van der Waals surface area (Å²) in [5.74, 6) is 0.508. The van der Waals surface area contributed by atoms with Gasteiger partial charge in [0.25, 0.3) is 0 Å². The molecule has 0 bridgehead atoms. The molecule has 0 spiro atoms. The highest BCUT2D eigenvalue weighted by molar-refractivity contribution is 14.1. The lowest BCUT2D eigenvalue weighted by Crippen LogP contribution is -2.26. The summed E-state index contributed by atoms with van der Waals surface area (Å²) in [4.78, 5) is 0. The van der Waals surface area contributed by atoms with Crippen LogP contribution in [-0.2, 0) is 5.41 Å². The van der Waals surface area contributed by atoms with Crippen LogP contribution in [0.3, 0.4) is 0 Å². The number of rotatable bonds is 3. The van der Waals surface area contributed by atoms with E-state index in [1.807, 2.05) is 36.4 Å². The van der Waals surface area contributed by atoms with Gasteiger partial charge in [-0.2, -0.15) is 0 Å². The summed E-state index contributed by atoms with van der Waals surface area (Å²) in [6.07, 6.45) is 0. The van der Waals surface area contributed by atoms with Gasteiger partial charge in [0.1, 0.15) is 11.5 Å². The number of halogens is 1. The van der Waals surface area contributed by atoms with Crippen LogP contribution in [0, 0.1) is 3.57 Å². The maximum atomic E-state index is 9.62. The molecule has 0 aliphatic rings. The van der Waals surface area contributed by atoms with Gasteiger partial charge in [0.15, 0.2) is 0 Å². The monoisotopic (exact) mass is 416 g/mol. The van der Waals surface area contributed by atoms with Gasteiger partial charge in [-0.3, -0.25) is 0 Å². The van der Waals surface area contributed by atoms with Gasteiger partial charge in [-0.15, -0.1) is 0 Å². The second-order valence-electron chi connectivity index (χ2n) is 5.70. The van der Waals surface area contributed by atoms with Crippen molar-refractivity contribution in [3.63, 3.8) is 0 Å². The third-order valence-electron chi connectivity index (χ3n) is 4.30. The Labute approximate surface area is 149 Å². The predicted molar refractivity (Wildman–Crippen MR) is 101 cm³/mol. The Morgan fingerprint density at radius 2 is 1.13 bits per heavy atom. The van der Waals surface area contributed by atoms with Crippen LogP contribution in [0.15, 0.2) is 72.8 Å². The molecular weight excluding hydrogens is 399 g/mol. The van der Waals surface area contributed by atoms with Crippen LogP contribution < -0.4 is 0 Å². The SMILES string of the molecule is CC(c1ccc(O)cc1)(c1ccc(O)cc1)c1ccccc1I. The summed E-state index contributed by atoms with van der Waals surface area (Å²) < 4.78 is 1.17. The Kier molecular flexibility index (Phi) is 4.31. The summed E-state index contributed by atoms with van der Waals surface area (Å²) in [6.45, 7) is 2.17. The van der Waals surface area contributed by atoms with E-state index >= 15 is 0 Å². The molecule has 0 heterocycles. The number of benzene rings is 3. The first kappa shape index (κ1) is 15.9. The summed E-state index contributed by atoms with van der Waals surface area (Å²) >= 11 is 2.35. The van der Waals surface area contributed by atoms with Gasteiger partial charge in [-0.1, -0.05) is 42.5 Å². The number of phenolic OH excluding ortho intramolecular Hbond substituents is 2. The lowest BCUT2D eigenvalue weighted by atomic mass is 9.71. The molecule has 3 heteroatoms. The third kappa shape index (κ3) is 2.93. The number of hydrogen-bond acceptors (Lipinski definition) is 2. The molecule has 3 aromatic carbocycles. The molecule has 2 N–H and O–H groups in total. The Morgan fingerprint density at radius 3 is 1.57 bits per heavy atom. The molecular formula is C20H17IO2. The van der Waals surface area contributed by atoms with Crippen molar-refractivity contribution in [2.45, 2.75) is 12.3 Å². The predicted octanol–water partition coefficient (Wildman–Crippen LogP) is 5.06. The molecule has 0 fully saturated rings. The molecule has 0 saturated heterocycles. The zero-order valence-corrected chi connectivity index (χ0v) is 14.9. The zero-order valence-electron chi connectivity index (χ0n) is 12.7. The fourth-order valence-electron chi connectivity index (χ4n) is 2.93. The Bertz CT molecular complexity index is 762. The summed E-state index contributed by atoms with van der Waals surface area (Å²) in [5, 5.41) is 19.2. The number of aromatic hydroxyl groups is 2. The molecule has 3 rings (SSSR count). The fraction of sp³-hybridized carbons (Fsp3) is 0.100. The molecule has 116 valence electrons. The Hall–Kier alpha value is -2.01. The van der Waals surface area contributed by atoms with E-state index in [-0.39, 0.29) is 16.9 Å². The van der Waals surface area contributed by atoms with Crippen LogP contribution in [0.4, 0.5) is 0 Å². The molecule has 0 saturated carbocycles. The molecule has 2 nitrogen and oxygen atoms in total. The number of hydrogen-bond donors (Lipinski definition) is 2. The van der Waals surface area contributed by atoms with Crippen LogP contribution in [0.25, 0.3) is 0 Å². The minimum atomic E-state index is -0.376. The molecule has 0 amide bonds. The highest BCUT2D eigenvalue weighted by Gasteiger charge is 2.32. The zero-order chi connectivity index (χ0) is 16.4. The summed E-state index contributed by atoms with van der Waals surface area (Å²) in [6, 6.07) is 22.9. The smallest absolute Gasteiger partial charge is 0.115 e. The van der Waals surface area contributed by atoms with E-state index in [1.165, 1.54) is 9.13 Å². The van der Waals surface area contributed by atoms with Crippen LogP contribution in [0.5, 0.6) is 11.5 Å². The van der Waals surface area contributed by atoms with Crippen molar-refractivity contribution in [2.24, 2.45) is 0 Å². The fourth-order valence-corrected chi connectivity index (χ4v) is 3.86. The summed E-state index contributed by atoms with van der Waals surface area (Å²) in [7, 11) is 0.